The Balaban J connectivity index is 1.64. The van der Waals surface area contributed by atoms with E-state index in [-0.39, 0.29) is 5.91 Å². The molecule has 2 aromatic carbocycles. The number of amides is 1. The number of rotatable bonds is 5. The highest BCUT2D eigenvalue weighted by Gasteiger charge is 2.06. The van der Waals surface area contributed by atoms with Gasteiger partial charge in [0, 0.05) is 16.3 Å². The zero-order valence-corrected chi connectivity index (χ0v) is 14.9. The molecular weight excluding hydrogens is 373 g/mol. The van der Waals surface area contributed by atoms with Crippen molar-refractivity contribution < 1.29 is 4.79 Å². The van der Waals surface area contributed by atoms with Gasteiger partial charge in [0.2, 0.25) is 0 Å². The SMILES string of the molecule is O=C(Nc1cccc(C=NNc2ccc(Cl)nn2)c1)c1ccc(Cl)cc1. The number of aromatic nitrogens is 2. The lowest BCUT2D eigenvalue weighted by atomic mass is 10.2. The molecule has 1 amide bonds. The van der Waals surface area contributed by atoms with Crippen LogP contribution in [0.3, 0.4) is 0 Å². The minimum absolute atomic E-state index is 0.217. The van der Waals surface area contributed by atoms with Crippen molar-refractivity contribution in [1.82, 2.24) is 10.2 Å². The zero-order chi connectivity index (χ0) is 18.4. The van der Waals surface area contributed by atoms with E-state index in [0.29, 0.717) is 27.2 Å². The molecule has 0 unspecified atom stereocenters. The molecule has 2 N–H and O–H groups in total. The second-order valence-electron chi connectivity index (χ2n) is 5.20. The van der Waals surface area contributed by atoms with Crippen molar-refractivity contribution in [2.24, 2.45) is 5.10 Å². The summed E-state index contributed by atoms with van der Waals surface area (Å²) in [7, 11) is 0. The van der Waals surface area contributed by atoms with E-state index in [4.69, 9.17) is 23.2 Å². The first kappa shape index (κ1) is 17.8. The summed E-state index contributed by atoms with van der Waals surface area (Å²) in [4.78, 5) is 12.2. The minimum Gasteiger partial charge on any atom is -0.322 e. The molecule has 0 aliphatic heterocycles. The summed E-state index contributed by atoms with van der Waals surface area (Å²) in [5.41, 5.74) is 4.73. The fraction of sp³-hybridized carbons (Fsp3) is 0. The molecule has 3 aromatic rings. The summed E-state index contributed by atoms with van der Waals surface area (Å²) < 4.78 is 0. The Labute approximate surface area is 159 Å². The van der Waals surface area contributed by atoms with Crippen LogP contribution in [0.1, 0.15) is 15.9 Å². The molecule has 0 saturated carbocycles. The molecule has 26 heavy (non-hydrogen) atoms. The molecule has 0 aliphatic carbocycles. The van der Waals surface area contributed by atoms with E-state index in [0.717, 1.165) is 5.56 Å². The van der Waals surface area contributed by atoms with E-state index in [1.807, 2.05) is 12.1 Å². The Hall–Kier alpha value is -2.96. The third kappa shape index (κ3) is 5.02. The summed E-state index contributed by atoms with van der Waals surface area (Å²) >= 11 is 11.5. The largest absolute Gasteiger partial charge is 0.322 e. The van der Waals surface area contributed by atoms with Crippen LogP contribution in [0.4, 0.5) is 11.5 Å². The van der Waals surface area contributed by atoms with E-state index in [1.54, 1.807) is 54.7 Å². The summed E-state index contributed by atoms with van der Waals surface area (Å²) in [5.74, 6) is 0.253. The van der Waals surface area contributed by atoms with Crippen molar-refractivity contribution in [3.05, 3.63) is 82.0 Å². The lowest BCUT2D eigenvalue weighted by Gasteiger charge is -2.06. The van der Waals surface area contributed by atoms with Gasteiger partial charge in [0.05, 0.1) is 6.21 Å². The zero-order valence-electron chi connectivity index (χ0n) is 13.4. The number of benzene rings is 2. The standard InChI is InChI=1S/C18H13Cl2N5O/c19-14-6-4-13(5-7-14)18(26)22-15-3-1-2-12(10-15)11-21-24-17-9-8-16(20)23-25-17/h1-11H,(H,22,26)(H,24,25). The molecule has 1 aromatic heterocycles. The maximum atomic E-state index is 12.2. The topological polar surface area (TPSA) is 79.3 Å². The molecule has 3 rings (SSSR count). The summed E-state index contributed by atoms with van der Waals surface area (Å²) in [5, 5.41) is 15.3. The van der Waals surface area contributed by atoms with Crippen LogP contribution in [-0.4, -0.2) is 22.3 Å². The molecular formula is C18H13Cl2N5O. The molecule has 0 atom stereocenters. The molecule has 0 saturated heterocycles. The fourth-order valence-corrected chi connectivity index (χ4v) is 2.28. The Morgan fingerprint density at radius 3 is 2.54 bits per heavy atom. The molecule has 0 aliphatic rings. The van der Waals surface area contributed by atoms with E-state index < -0.39 is 0 Å². The van der Waals surface area contributed by atoms with Gasteiger partial charge in [-0.05, 0) is 54.1 Å². The van der Waals surface area contributed by atoms with Gasteiger partial charge < -0.3 is 5.32 Å². The maximum Gasteiger partial charge on any atom is 0.255 e. The van der Waals surface area contributed by atoms with Gasteiger partial charge >= 0.3 is 0 Å². The van der Waals surface area contributed by atoms with E-state index in [2.05, 4.69) is 26.0 Å². The van der Waals surface area contributed by atoms with Gasteiger partial charge in [0.15, 0.2) is 11.0 Å². The molecule has 6 nitrogen and oxygen atoms in total. The highest BCUT2D eigenvalue weighted by molar-refractivity contribution is 6.30. The fourth-order valence-electron chi connectivity index (χ4n) is 2.05. The Morgan fingerprint density at radius 2 is 1.81 bits per heavy atom. The van der Waals surface area contributed by atoms with Crippen molar-refractivity contribution in [2.45, 2.75) is 0 Å². The van der Waals surface area contributed by atoms with Crippen molar-refractivity contribution in [3.8, 4) is 0 Å². The normalized spacial score (nSPS) is 10.7. The number of carbonyl (C=O) groups excluding carboxylic acids is 1. The highest BCUT2D eigenvalue weighted by Crippen LogP contribution is 2.14. The van der Waals surface area contributed by atoms with Crippen molar-refractivity contribution in [3.63, 3.8) is 0 Å². The highest BCUT2D eigenvalue weighted by atomic mass is 35.5. The second kappa shape index (κ2) is 8.42. The van der Waals surface area contributed by atoms with Crippen LogP contribution in [0.5, 0.6) is 0 Å². The summed E-state index contributed by atoms with van der Waals surface area (Å²) in [6.07, 6.45) is 1.61. The summed E-state index contributed by atoms with van der Waals surface area (Å²) in [6, 6.07) is 17.2. The van der Waals surface area contributed by atoms with Gasteiger partial charge in [-0.15, -0.1) is 10.2 Å². The quantitative estimate of drug-likeness (QED) is 0.501. The van der Waals surface area contributed by atoms with Gasteiger partial charge in [-0.3, -0.25) is 10.2 Å². The monoisotopic (exact) mass is 385 g/mol. The molecule has 8 heteroatoms. The van der Waals surface area contributed by atoms with Crippen molar-refractivity contribution in [1.29, 1.82) is 0 Å². The molecule has 0 spiro atoms. The van der Waals surface area contributed by atoms with Crippen LogP contribution < -0.4 is 10.7 Å². The van der Waals surface area contributed by atoms with Crippen molar-refractivity contribution in [2.75, 3.05) is 10.7 Å². The number of carbonyl (C=O) groups is 1. The third-order valence-corrected chi connectivity index (χ3v) is 3.73. The maximum absolute atomic E-state index is 12.2. The first-order valence-corrected chi connectivity index (χ1v) is 8.31. The third-order valence-electron chi connectivity index (χ3n) is 3.28. The predicted molar refractivity (Wildman–Crippen MR) is 104 cm³/mol. The predicted octanol–water partition coefficient (Wildman–Crippen LogP) is 4.48. The lowest BCUT2D eigenvalue weighted by molar-refractivity contribution is 0.102. The van der Waals surface area contributed by atoms with E-state index >= 15 is 0 Å². The summed E-state index contributed by atoms with van der Waals surface area (Å²) in [6.45, 7) is 0. The molecule has 1 heterocycles. The number of anilines is 2. The molecule has 0 radical (unpaired) electrons. The van der Waals surface area contributed by atoms with Crippen LogP contribution in [0.25, 0.3) is 0 Å². The van der Waals surface area contributed by atoms with Gasteiger partial charge in [-0.1, -0.05) is 35.3 Å². The number of hydrogen-bond donors (Lipinski definition) is 2. The second-order valence-corrected chi connectivity index (χ2v) is 6.02. The number of halogens is 2. The van der Waals surface area contributed by atoms with Crippen molar-refractivity contribution >= 4 is 46.8 Å². The van der Waals surface area contributed by atoms with Gasteiger partial charge in [-0.25, -0.2) is 0 Å². The first-order chi connectivity index (χ1) is 12.6. The average molecular weight is 386 g/mol. The number of hydrogen-bond acceptors (Lipinski definition) is 5. The van der Waals surface area contributed by atoms with Crippen LogP contribution >= 0.6 is 23.2 Å². The van der Waals surface area contributed by atoms with Gasteiger partial charge in [0.25, 0.3) is 5.91 Å². The number of nitrogens with zero attached hydrogens (tertiary/aromatic N) is 3. The van der Waals surface area contributed by atoms with Gasteiger partial charge in [0.1, 0.15) is 0 Å². The number of nitrogens with one attached hydrogen (secondary N) is 2. The van der Waals surface area contributed by atoms with Gasteiger partial charge in [-0.2, -0.15) is 5.10 Å². The Morgan fingerprint density at radius 1 is 1.00 bits per heavy atom. The molecule has 130 valence electrons. The first-order valence-electron chi connectivity index (χ1n) is 7.55. The smallest absolute Gasteiger partial charge is 0.255 e. The van der Waals surface area contributed by atoms with E-state index in [1.165, 1.54) is 0 Å². The lowest BCUT2D eigenvalue weighted by Crippen LogP contribution is -2.11. The van der Waals surface area contributed by atoms with E-state index in [9.17, 15) is 4.79 Å². The average Bonchev–Trinajstić information content (AvgIpc) is 2.64. The van der Waals surface area contributed by atoms with Crippen LogP contribution in [0.15, 0.2) is 65.8 Å². The Bertz CT molecular complexity index is 927. The Kier molecular flexibility index (Phi) is 5.78. The molecule has 0 fully saturated rings. The van der Waals surface area contributed by atoms with Crippen LogP contribution in [-0.2, 0) is 0 Å². The van der Waals surface area contributed by atoms with Crippen LogP contribution in [0.2, 0.25) is 10.2 Å². The van der Waals surface area contributed by atoms with Crippen LogP contribution in [0, 0.1) is 0 Å². The number of hydrazone groups is 1. The minimum atomic E-state index is -0.217. The molecule has 0 bridgehead atoms.